The van der Waals surface area contributed by atoms with E-state index >= 15 is 0 Å². The summed E-state index contributed by atoms with van der Waals surface area (Å²) in [6.45, 7) is 7.44. The lowest BCUT2D eigenvalue weighted by Crippen LogP contribution is -2.40. The Morgan fingerprint density at radius 2 is 2.00 bits per heavy atom. The van der Waals surface area contributed by atoms with Crippen molar-refractivity contribution >= 4 is 29.9 Å². The number of methoxy groups -OCH3 is 1. The molecule has 1 aromatic carbocycles. The Morgan fingerprint density at radius 3 is 2.69 bits per heavy atom. The molecule has 0 saturated carbocycles. The van der Waals surface area contributed by atoms with E-state index in [4.69, 9.17) is 4.74 Å². The molecule has 1 aromatic rings. The molecule has 148 valence electrons. The largest absolute Gasteiger partial charge is 0.496 e. The minimum atomic E-state index is -0.100. The van der Waals surface area contributed by atoms with Crippen molar-refractivity contribution in [2.45, 2.75) is 38.8 Å². The van der Waals surface area contributed by atoms with E-state index in [0.29, 0.717) is 6.54 Å². The fourth-order valence-electron chi connectivity index (χ4n) is 2.99. The van der Waals surface area contributed by atoms with Gasteiger partial charge in [0.2, 0.25) is 0 Å². The quantitative estimate of drug-likeness (QED) is 0.232. The van der Waals surface area contributed by atoms with Crippen molar-refractivity contribution in [3.8, 4) is 5.75 Å². The number of ether oxygens (including phenoxy) is 1. The van der Waals surface area contributed by atoms with E-state index in [1.807, 2.05) is 24.3 Å². The third-order valence-electron chi connectivity index (χ3n) is 4.44. The Bertz CT molecular complexity index is 534. The summed E-state index contributed by atoms with van der Waals surface area (Å²) in [5.41, 5.74) is 1.08. The highest BCUT2D eigenvalue weighted by Crippen LogP contribution is 2.17. The van der Waals surface area contributed by atoms with Crippen LogP contribution in [-0.4, -0.2) is 61.9 Å². The monoisotopic (exact) mass is 476 g/mol. The lowest BCUT2D eigenvalue weighted by atomic mass is 10.1. The van der Waals surface area contributed by atoms with Gasteiger partial charge in [0.25, 0.3) is 0 Å². The highest BCUT2D eigenvalue weighted by atomic mass is 127. The standard InChI is InChI=1S/C19H32N4O2.HI/c1-3-20-19(22-15-16-7-4-5-8-18(16)25-2)21-11-6-12-23-13-9-17(24)10-14-23;/h4-5,7-8,17,24H,3,6,9-15H2,1-2H3,(H2,20,21,22);1H. The average Bonchev–Trinajstić information content (AvgIpc) is 2.64. The molecule has 6 nitrogen and oxygen atoms in total. The van der Waals surface area contributed by atoms with E-state index in [0.717, 1.165) is 69.3 Å². The van der Waals surface area contributed by atoms with E-state index in [1.54, 1.807) is 7.11 Å². The van der Waals surface area contributed by atoms with Gasteiger partial charge in [-0.05, 0) is 38.8 Å². The van der Waals surface area contributed by atoms with Gasteiger partial charge < -0.3 is 25.4 Å². The molecule has 0 aliphatic carbocycles. The number of aliphatic imine (C=N–C) groups is 1. The average molecular weight is 476 g/mol. The van der Waals surface area contributed by atoms with Gasteiger partial charge in [-0.15, -0.1) is 24.0 Å². The second-order valence-corrected chi connectivity index (χ2v) is 6.36. The van der Waals surface area contributed by atoms with Gasteiger partial charge in [-0.3, -0.25) is 0 Å². The summed E-state index contributed by atoms with van der Waals surface area (Å²) in [5.74, 6) is 1.71. The number of rotatable bonds is 8. The molecule has 26 heavy (non-hydrogen) atoms. The number of aliphatic hydroxyl groups excluding tert-OH is 1. The number of aliphatic hydroxyl groups is 1. The summed E-state index contributed by atoms with van der Waals surface area (Å²) in [6.07, 6.45) is 2.76. The first kappa shape index (κ1) is 23.0. The number of halogens is 1. The molecule has 1 fully saturated rings. The summed E-state index contributed by atoms with van der Waals surface area (Å²) >= 11 is 0. The SMILES string of the molecule is CCNC(=NCc1ccccc1OC)NCCCN1CCC(O)CC1.I. The Hall–Kier alpha value is -1.06. The Balaban J connectivity index is 0.00000338. The molecule has 0 radical (unpaired) electrons. The van der Waals surface area contributed by atoms with Crippen molar-refractivity contribution < 1.29 is 9.84 Å². The summed E-state index contributed by atoms with van der Waals surface area (Å²) in [7, 11) is 1.69. The van der Waals surface area contributed by atoms with Crippen molar-refractivity contribution in [2.24, 2.45) is 4.99 Å². The molecule has 0 amide bonds. The highest BCUT2D eigenvalue weighted by Gasteiger charge is 2.15. The van der Waals surface area contributed by atoms with Crippen molar-refractivity contribution in [3.05, 3.63) is 29.8 Å². The minimum absolute atomic E-state index is 0. The zero-order chi connectivity index (χ0) is 17.9. The fraction of sp³-hybridized carbons (Fsp3) is 0.632. The van der Waals surface area contributed by atoms with Crippen LogP contribution in [-0.2, 0) is 6.54 Å². The van der Waals surface area contributed by atoms with Crippen molar-refractivity contribution in [1.82, 2.24) is 15.5 Å². The van der Waals surface area contributed by atoms with Crippen molar-refractivity contribution in [2.75, 3.05) is 39.8 Å². The lowest BCUT2D eigenvalue weighted by Gasteiger charge is -2.29. The van der Waals surface area contributed by atoms with Crippen LogP contribution in [0.25, 0.3) is 0 Å². The zero-order valence-corrected chi connectivity index (χ0v) is 18.2. The number of nitrogens with one attached hydrogen (secondary N) is 2. The predicted octanol–water partition coefficient (Wildman–Crippen LogP) is 2.22. The second-order valence-electron chi connectivity index (χ2n) is 6.36. The molecule has 3 N–H and O–H groups in total. The predicted molar refractivity (Wildman–Crippen MR) is 118 cm³/mol. The van der Waals surface area contributed by atoms with E-state index < -0.39 is 0 Å². The normalized spacial score (nSPS) is 16.0. The van der Waals surface area contributed by atoms with Gasteiger partial charge in [-0.1, -0.05) is 18.2 Å². The third kappa shape index (κ3) is 8.09. The molecule has 0 spiro atoms. The smallest absolute Gasteiger partial charge is 0.191 e. The molecule has 0 unspecified atom stereocenters. The molecule has 1 aliphatic heterocycles. The van der Waals surface area contributed by atoms with Crippen LogP contribution < -0.4 is 15.4 Å². The van der Waals surface area contributed by atoms with E-state index in [1.165, 1.54) is 0 Å². The van der Waals surface area contributed by atoms with Gasteiger partial charge in [-0.25, -0.2) is 4.99 Å². The van der Waals surface area contributed by atoms with Gasteiger partial charge in [0.15, 0.2) is 5.96 Å². The molecular formula is C19H33IN4O2. The van der Waals surface area contributed by atoms with Crippen LogP contribution in [0.2, 0.25) is 0 Å². The van der Waals surface area contributed by atoms with Crippen LogP contribution in [0.4, 0.5) is 0 Å². The molecule has 0 atom stereocenters. The van der Waals surface area contributed by atoms with Crippen molar-refractivity contribution in [1.29, 1.82) is 0 Å². The maximum absolute atomic E-state index is 9.55. The molecule has 0 bridgehead atoms. The van der Waals surface area contributed by atoms with E-state index in [2.05, 4.69) is 27.4 Å². The molecule has 2 rings (SSSR count). The Labute approximate surface area is 174 Å². The van der Waals surface area contributed by atoms with Crippen LogP contribution in [0.5, 0.6) is 5.75 Å². The first-order valence-corrected chi connectivity index (χ1v) is 9.27. The van der Waals surface area contributed by atoms with Gasteiger partial charge in [0.1, 0.15) is 5.75 Å². The molecule has 0 aromatic heterocycles. The number of likely N-dealkylation sites (tertiary alicyclic amines) is 1. The number of piperidine rings is 1. The summed E-state index contributed by atoms with van der Waals surface area (Å²) in [5, 5.41) is 16.2. The van der Waals surface area contributed by atoms with E-state index in [9.17, 15) is 5.11 Å². The van der Waals surface area contributed by atoms with Gasteiger partial charge in [0.05, 0.1) is 19.8 Å². The fourth-order valence-corrected chi connectivity index (χ4v) is 2.99. The highest BCUT2D eigenvalue weighted by molar-refractivity contribution is 14.0. The topological polar surface area (TPSA) is 69.1 Å². The molecule has 1 aliphatic rings. The summed E-state index contributed by atoms with van der Waals surface area (Å²) in [4.78, 5) is 7.08. The third-order valence-corrected chi connectivity index (χ3v) is 4.44. The van der Waals surface area contributed by atoms with Crippen LogP contribution >= 0.6 is 24.0 Å². The Kier molecular flexibility index (Phi) is 11.6. The molecule has 1 saturated heterocycles. The number of benzene rings is 1. The first-order chi connectivity index (χ1) is 12.2. The number of guanidine groups is 1. The van der Waals surface area contributed by atoms with Crippen LogP contribution in [0.3, 0.4) is 0 Å². The summed E-state index contributed by atoms with van der Waals surface area (Å²) in [6, 6.07) is 7.97. The van der Waals surface area contributed by atoms with E-state index in [-0.39, 0.29) is 30.1 Å². The molecule has 1 heterocycles. The van der Waals surface area contributed by atoms with Gasteiger partial charge in [0, 0.05) is 31.7 Å². The maximum atomic E-state index is 9.55. The molecule has 7 heteroatoms. The van der Waals surface area contributed by atoms with Crippen LogP contribution in [0.15, 0.2) is 29.3 Å². The van der Waals surface area contributed by atoms with Crippen molar-refractivity contribution in [3.63, 3.8) is 0 Å². The minimum Gasteiger partial charge on any atom is -0.496 e. The zero-order valence-electron chi connectivity index (χ0n) is 15.9. The summed E-state index contributed by atoms with van der Waals surface area (Å²) < 4.78 is 5.38. The van der Waals surface area contributed by atoms with Gasteiger partial charge >= 0.3 is 0 Å². The first-order valence-electron chi connectivity index (χ1n) is 9.27. The lowest BCUT2D eigenvalue weighted by molar-refractivity contribution is 0.0823. The van der Waals surface area contributed by atoms with Crippen LogP contribution in [0.1, 0.15) is 31.7 Å². The van der Waals surface area contributed by atoms with Crippen LogP contribution in [0, 0.1) is 0 Å². The number of hydrogen-bond acceptors (Lipinski definition) is 4. The molecular weight excluding hydrogens is 443 g/mol. The Morgan fingerprint density at radius 1 is 1.27 bits per heavy atom. The number of hydrogen-bond donors (Lipinski definition) is 3. The number of para-hydroxylation sites is 1. The van der Waals surface area contributed by atoms with Gasteiger partial charge in [-0.2, -0.15) is 0 Å². The second kappa shape index (κ2) is 13.2. The maximum Gasteiger partial charge on any atom is 0.191 e. The number of nitrogens with zero attached hydrogens (tertiary/aromatic N) is 2.